The van der Waals surface area contributed by atoms with Crippen LogP contribution in [0.25, 0.3) is 0 Å². The van der Waals surface area contributed by atoms with E-state index < -0.39 is 0 Å². The lowest BCUT2D eigenvalue weighted by atomic mass is 10.3. The zero-order chi connectivity index (χ0) is 11.5. The summed E-state index contributed by atoms with van der Waals surface area (Å²) in [4.78, 5) is 11.5. The molecule has 1 saturated carbocycles. The fourth-order valence-electron chi connectivity index (χ4n) is 1.33. The summed E-state index contributed by atoms with van der Waals surface area (Å²) >= 11 is 11.8. The molecular weight excluding hydrogens is 247 g/mol. The van der Waals surface area contributed by atoms with E-state index in [1.807, 2.05) is 0 Å². The van der Waals surface area contributed by atoms with Gasteiger partial charge < -0.3 is 10.6 Å². The second-order valence-electron chi connectivity index (χ2n) is 3.88. The Morgan fingerprint density at radius 2 is 1.94 bits per heavy atom. The molecule has 0 heterocycles. The van der Waals surface area contributed by atoms with Crippen LogP contribution in [-0.2, 0) is 0 Å². The van der Waals surface area contributed by atoms with E-state index in [0.29, 0.717) is 28.2 Å². The Balaban J connectivity index is 1.93. The van der Waals surface area contributed by atoms with Crippen LogP contribution in [0.3, 0.4) is 0 Å². The van der Waals surface area contributed by atoms with E-state index in [4.69, 9.17) is 23.2 Å². The van der Waals surface area contributed by atoms with Crippen LogP contribution in [-0.4, -0.2) is 12.6 Å². The van der Waals surface area contributed by atoms with Crippen molar-refractivity contribution in [1.82, 2.24) is 5.32 Å². The summed E-state index contributed by atoms with van der Waals surface area (Å²) in [5.74, 6) is 0.646. The van der Waals surface area contributed by atoms with Crippen molar-refractivity contribution in [1.29, 1.82) is 0 Å². The molecule has 1 fully saturated rings. The number of carbonyl (C=O) groups excluding carboxylic acids is 1. The summed E-state index contributed by atoms with van der Waals surface area (Å²) < 4.78 is 0. The minimum absolute atomic E-state index is 0.262. The molecule has 1 aliphatic rings. The van der Waals surface area contributed by atoms with E-state index in [0.717, 1.165) is 0 Å². The van der Waals surface area contributed by atoms with Gasteiger partial charge in [0, 0.05) is 6.54 Å². The first kappa shape index (κ1) is 11.6. The van der Waals surface area contributed by atoms with Crippen molar-refractivity contribution in [2.75, 3.05) is 11.9 Å². The molecule has 0 aromatic heterocycles. The highest BCUT2D eigenvalue weighted by Crippen LogP contribution is 2.30. The third kappa shape index (κ3) is 3.03. The van der Waals surface area contributed by atoms with Crippen LogP contribution in [0.5, 0.6) is 0 Å². The minimum Gasteiger partial charge on any atom is -0.338 e. The predicted octanol–water partition coefficient (Wildman–Crippen LogP) is 3.52. The Bertz CT molecular complexity index is 385. The smallest absolute Gasteiger partial charge is 0.319 e. The van der Waals surface area contributed by atoms with Crippen LogP contribution in [0.4, 0.5) is 10.5 Å². The lowest BCUT2D eigenvalue weighted by Crippen LogP contribution is -2.30. The molecule has 2 N–H and O–H groups in total. The standard InChI is InChI=1S/C11H12Cl2N2O/c12-8-2-1-3-9(13)10(8)15-11(16)14-6-7-4-5-7/h1-3,7H,4-6H2,(H2,14,15,16). The third-order valence-corrected chi connectivity index (χ3v) is 3.08. The first-order chi connectivity index (χ1) is 7.66. The molecule has 16 heavy (non-hydrogen) atoms. The molecule has 0 unspecified atom stereocenters. The van der Waals surface area contributed by atoms with Gasteiger partial charge in [-0.2, -0.15) is 0 Å². The van der Waals surface area contributed by atoms with Crippen LogP contribution < -0.4 is 10.6 Å². The molecule has 0 saturated heterocycles. The van der Waals surface area contributed by atoms with Crippen molar-refractivity contribution in [2.24, 2.45) is 5.92 Å². The molecule has 86 valence electrons. The third-order valence-electron chi connectivity index (χ3n) is 2.45. The molecule has 5 heteroatoms. The fraction of sp³-hybridized carbons (Fsp3) is 0.364. The highest BCUT2D eigenvalue weighted by molar-refractivity contribution is 6.39. The number of halogens is 2. The first-order valence-electron chi connectivity index (χ1n) is 5.15. The molecule has 0 atom stereocenters. The number of rotatable bonds is 3. The van der Waals surface area contributed by atoms with E-state index in [2.05, 4.69) is 10.6 Å². The van der Waals surface area contributed by atoms with Crippen molar-refractivity contribution < 1.29 is 4.79 Å². The monoisotopic (exact) mass is 258 g/mol. The molecule has 2 rings (SSSR count). The molecule has 1 aromatic rings. The van der Waals surface area contributed by atoms with Crippen molar-refractivity contribution in [3.8, 4) is 0 Å². The Labute approximate surface area is 104 Å². The quantitative estimate of drug-likeness (QED) is 0.856. The zero-order valence-electron chi connectivity index (χ0n) is 8.59. The maximum Gasteiger partial charge on any atom is 0.319 e. The number of hydrogen-bond donors (Lipinski definition) is 2. The predicted molar refractivity (Wildman–Crippen MR) is 66.2 cm³/mol. The number of urea groups is 1. The normalized spacial score (nSPS) is 14.6. The number of carbonyl (C=O) groups is 1. The van der Waals surface area contributed by atoms with Crippen LogP contribution in [0.1, 0.15) is 12.8 Å². The van der Waals surface area contributed by atoms with Gasteiger partial charge in [-0.25, -0.2) is 4.79 Å². The van der Waals surface area contributed by atoms with E-state index in [9.17, 15) is 4.79 Å². The van der Waals surface area contributed by atoms with Crippen molar-refractivity contribution >= 4 is 34.9 Å². The molecule has 2 amide bonds. The van der Waals surface area contributed by atoms with Gasteiger partial charge in [0.1, 0.15) is 0 Å². The Morgan fingerprint density at radius 1 is 1.31 bits per heavy atom. The highest BCUT2D eigenvalue weighted by Gasteiger charge is 2.21. The zero-order valence-corrected chi connectivity index (χ0v) is 10.1. The average molecular weight is 259 g/mol. The van der Waals surface area contributed by atoms with Crippen molar-refractivity contribution in [3.05, 3.63) is 28.2 Å². The molecule has 3 nitrogen and oxygen atoms in total. The second kappa shape index (κ2) is 4.93. The highest BCUT2D eigenvalue weighted by atomic mass is 35.5. The fourth-order valence-corrected chi connectivity index (χ4v) is 1.83. The SMILES string of the molecule is O=C(NCC1CC1)Nc1c(Cl)cccc1Cl. The van der Waals surface area contributed by atoms with Gasteiger partial charge in [-0.05, 0) is 30.9 Å². The molecular formula is C11H12Cl2N2O. The number of anilines is 1. The van der Waals surface area contributed by atoms with E-state index >= 15 is 0 Å². The van der Waals surface area contributed by atoms with Gasteiger partial charge in [0.05, 0.1) is 15.7 Å². The molecule has 0 radical (unpaired) electrons. The molecule has 1 aromatic carbocycles. The number of amides is 2. The molecule has 0 aliphatic heterocycles. The van der Waals surface area contributed by atoms with E-state index in [1.165, 1.54) is 12.8 Å². The topological polar surface area (TPSA) is 41.1 Å². The summed E-state index contributed by atoms with van der Waals surface area (Å²) in [6.07, 6.45) is 2.40. The first-order valence-corrected chi connectivity index (χ1v) is 5.91. The minimum atomic E-state index is -0.262. The number of para-hydroxylation sites is 1. The maximum atomic E-state index is 11.5. The van der Waals surface area contributed by atoms with Gasteiger partial charge in [-0.3, -0.25) is 0 Å². The van der Waals surface area contributed by atoms with Gasteiger partial charge in [0.25, 0.3) is 0 Å². The molecule has 1 aliphatic carbocycles. The van der Waals surface area contributed by atoms with Crippen molar-refractivity contribution in [3.63, 3.8) is 0 Å². The van der Waals surface area contributed by atoms with Gasteiger partial charge in [-0.1, -0.05) is 29.3 Å². The van der Waals surface area contributed by atoms with E-state index in [1.54, 1.807) is 18.2 Å². The summed E-state index contributed by atoms with van der Waals surface area (Å²) in [7, 11) is 0. The second-order valence-corrected chi connectivity index (χ2v) is 4.69. The van der Waals surface area contributed by atoms with Crippen LogP contribution in [0.15, 0.2) is 18.2 Å². The summed E-state index contributed by atoms with van der Waals surface area (Å²) in [5, 5.41) is 6.31. The number of hydrogen-bond acceptors (Lipinski definition) is 1. The van der Waals surface area contributed by atoms with Gasteiger partial charge in [0.15, 0.2) is 0 Å². The van der Waals surface area contributed by atoms with Gasteiger partial charge >= 0.3 is 6.03 Å². The van der Waals surface area contributed by atoms with Crippen LogP contribution in [0.2, 0.25) is 10.0 Å². The number of benzene rings is 1. The lowest BCUT2D eigenvalue weighted by molar-refractivity contribution is 0.251. The van der Waals surface area contributed by atoms with Crippen molar-refractivity contribution in [2.45, 2.75) is 12.8 Å². The molecule has 0 bridgehead atoms. The Kier molecular flexibility index (Phi) is 3.56. The summed E-state index contributed by atoms with van der Waals surface area (Å²) in [6, 6.07) is 4.84. The number of nitrogens with one attached hydrogen (secondary N) is 2. The summed E-state index contributed by atoms with van der Waals surface area (Å²) in [6.45, 7) is 0.716. The van der Waals surface area contributed by atoms with E-state index in [-0.39, 0.29) is 6.03 Å². The maximum absolute atomic E-state index is 11.5. The largest absolute Gasteiger partial charge is 0.338 e. The molecule has 0 spiro atoms. The van der Waals surface area contributed by atoms with Gasteiger partial charge in [0.2, 0.25) is 0 Å². The Morgan fingerprint density at radius 3 is 2.50 bits per heavy atom. The lowest BCUT2D eigenvalue weighted by Gasteiger charge is -2.09. The summed E-state index contributed by atoms with van der Waals surface area (Å²) in [5.41, 5.74) is 0.458. The van der Waals surface area contributed by atoms with Crippen LogP contribution >= 0.6 is 23.2 Å². The van der Waals surface area contributed by atoms with Gasteiger partial charge in [-0.15, -0.1) is 0 Å². The Hall–Kier alpha value is -0.930. The average Bonchev–Trinajstić information content (AvgIpc) is 3.04. The van der Waals surface area contributed by atoms with Crippen LogP contribution in [0, 0.1) is 5.92 Å².